The molecule has 0 aromatic carbocycles. The predicted molar refractivity (Wildman–Crippen MR) is 68.6 cm³/mol. The van der Waals surface area contributed by atoms with Crippen LogP contribution in [-0.4, -0.2) is 14.7 Å². The van der Waals surface area contributed by atoms with Crippen molar-refractivity contribution in [2.45, 2.75) is 58.6 Å². The summed E-state index contributed by atoms with van der Waals surface area (Å²) >= 11 is 0. The Morgan fingerprint density at radius 2 is 2.35 bits per heavy atom. The minimum atomic E-state index is -0.376. The van der Waals surface area contributed by atoms with Gasteiger partial charge in [0.2, 0.25) is 0 Å². The van der Waals surface area contributed by atoms with Gasteiger partial charge >= 0.3 is 0 Å². The van der Waals surface area contributed by atoms with Gasteiger partial charge in [0.25, 0.3) is 0 Å². The molecule has 1 aliphatic rings. The Hall–Kier alpha value is -0.830. The molecule has 3 unspecified atom stereocenters. The van der Waals surface area contributed by atoms with Gasteiger partial charge < -0.3 is 9.67 Å². The van der Waals surface area contributed by atoms with Crippen molar-refractivity contribution in [1.82, 2.24) is 9.55 Å². The lowest BCUT2D eigenvalue weighted by Gasteiger charge is -2.30. The van der Waals surface area contributed by atoms with E-state index < -0.39 is 0 Å². The Bertz CT molecular complexity index is 348. The average molecular weight is 236 g/mol. The molecule has 17 heavy (non-hydrogen) atoms. The van der Waals surface area contributed by atoms with Gasteiger partial charge in [0, 0.05) is 18.9 Å². The minimum absolute atomic E-state index is 0.376. The van der Waals surface area contributed by atoms with E-state index in [0.29, 0.717) is 5.92 Å². The summed E-state index contributed by atoms with van der Waals surface area (Å²) in [6.45, 7) is 5.39. The molecule has 0 amide bonds. The van der Waals surface area contributed by atoms with Crippen LogP contribution in [0.15, 0.2) is 12.4 Å². The van der Waals surface area contributed by atoms with Gasteiger partial charge in [0.15, 0.2) is 0 Å². The largest absolute Gasteiger partial charge is 0.385 e. The number of hydrogen-bond acceptors (Lipinski definition) is 2. The standard InChI is InChI=1S/C14H24N2O/c1-3-8-16-9-7-15-14(16)13(17)12-6-4-5-11(2)10-12/h7,9,11-13,17H,3-6,8,10H2,1-2H3. The third-order valence-corrected chi connectivity index (χ3v) is 3.90. The highest BCUT2D eigenvalue weighted by molar-refractivity contribution is 4.99. The Balaban J connectivity index is 2.07. The highest BCUT2D eigenvalue weighted by atomic mass is 16.3. The Kier molecular flexibility index (Phi) is 4.21. The first-order valence-corrected chi connectivity index (χ1v) is 6.91. The molecule has 3 atom stereocenters. The number of aliphatic hydroxyl groups is 1. The Labute approximate surface area is 104 Å². The molecule has 1 fully saturated rings. The average Bonchev–Trinajstić information content (AvgIpc) is 2.77. The number of hydrogen-bond donors (Lipinski definition) is 1. The molecule has 0 spiro atoms. The van der Waals surface area contributed by atoms with Crippen molar-refractivity contribution in [3.8, 4) is 0 Å². The van der Waals surface area contributed by atoms with Crippen molar-refractivity contribution >= 4 is 0 Å². The number of aliphatic hydroxyl groups excluding tert-OH is 1. The lowest BCUT2D eigenvalue weighted by Crippen LogP contribution is -2.22. The van der Waals surface area contributed by atoms with Crippen LogP contribution in [-0.2, 0) is 6.54 Å². The molecular formula is C14H24N2O. The van der Waals surface area contributed by atoms with Crippen LogP contribution in [0.1, 0.15) is 57.9 Å². The molecular weight excluding hydrogens is 212 g/mol. The predicted octanol–water partition coefficient (Wildman–Crippen LogP) is 3.15. The zero-order chi connectivity index (χ0) is 12.3. The van der Waals surface area contributed by atoms with Crippen LogP contribution < -0.4 is 0 Å². The maximum absolute atomic E-state index is 10.5. The van der Waals surface area contributed by atoms with Gasteiger partial charge in [-0.1, -0.05) is 26.7 Å². The zero-order valence-electron chi connectivity index (χ0n) is 11.0. The van der Waals surface area contributed by atoms with Crippen LogP contribution >= 0.6 is 0 Å². The van der Waals surface area contributed by atoms with E-state index in [0.717, 1.165) is 37.5 Å². The van der Waals surface area contributed by atoms with Gasteiger partial charge in [-0.15, -0.1) is 0 Å². The second-order valence-corrected chi connectivity index (χ2v) is 5.46. The molecule has 1 N–H and O–H groups in total. The van der Waals surface area contributed by atoms with Crippen molar-refractivity contribution < 1.29 is 5.11 Å². The molecule has 96 valence electrons. The van der Waals surface area contributed by atoms with Gasteiger partial charge in [0.1, 0.15) is 11.9 Å². The summed E-state index contributed by atoms with van der Waals surface area (Å²) in [4.78, 5) is 4.35. The molecule has 3 heteroatoms. The van der Waals surface area contributed by atoms with Crippen LogP contribution in [0.2, 0.25) is 0 Å². The van der Waals surface area contributed by atoms with E-state index in [1.165, 1.54) is 12.8 Å². The monoisotopic (exact) mass is 236 g/mol. The van der Waals surface area contributed by atoms with Crippen LogP contribution in [0.3, 0.4) is 0 Å². The number of aromatic nitrogens is 2. The fourth-order valence-electron chi connectivity index (χ4n) is 3.00. The molecule has 1 aliphatic carbocycles. The number of nitrogens with zero attached hydrogens (tertiary/aromatic N) is 2. The molecule has 0 saturated heterocycles. The van der Waals surface area contributed by atoms with Crippen molar-refractivity contribution in [2.24, 2.45) is 11.8 Å². The molecule has 1 heterocycles. The topological polar surface area (TPSA) is 38.0 Å². The van der Waals surface area contributed by atoms with Crippen LogP contribution in [0.5, 0.6) is 0 Å². The van der Waals surface area contributed by atoms with Crippen molar-refractivity contribution in [3.05, 3.63) is 18.2 Å². The van der Waals surface area contributed by atoms with E-state index in [1.807, 2.05) is 6.20 Å². The number of aryl methyl sites for hydroxylation is 1. The summed E-state index contributed by atoms with van der Waals surface area (Å²) in [6, 6.07) is 0. The fraction of sp³-hybridized carbons (Fsp3) is 0.786. The van der Waals surface area contributed by atoms with E-state index >= 15 is 0 Å². The summed E-state index contributed by atoms with van der Waals surface area (Å²) in [5, 5.41) is 10.5. The van der Waals surface area contributed by atoms with Crippen LogP contribution in [0, 0.1) is 11.8 Å². The lowest BCUT2D eigenvalue weighted by molar-refractivity contribution is 0.0614. The normalized spacial score (nSPS) is 27.0. The zero-order valence-corrected chi connectivity index (χ0v) is 11.0. The van der Waals surface area contributed by atoms with Gasteiger partial charge in [-0.2, -0.15) is 0 Å². The highest BCUT2D eigenvalue weighted by Crippen LogP contribution is 2.36. The molecule has 2 rings (SSSR count). The number of imidazole rings is 1. The van der Waals surface area contributed by atoms with Crippen molar-refractivity contribution in [1.29, 1.82) is 0 Å². The molecule has 1 saturated carbocycles. The fourth-order valence-corrected chi connectivity index (χ4v) is 3.00. The van der Waals surface area contributed by atoms with Crippen LogP contribution in [0.4, 0.5) is 0 Å². The lowest BCUT2D eigenvalue weighted by atomic mass is 9.79. The molecule has 0 aliphatic heterocycles. The van der Waals surface area contributed by atoms with Gasteiger partial charge in [-0.25, -0.2) is 4.98 Å². The first kappa shape index (κ1) is 12.6. The molecule has 1 aromatic heterocycles. The third-order valence-electron chi connectivity index (χ3n) is 3.90. The maximum atomic E-state index is 10.5. The summed E-state index contributed by atoms with van der Waals surface area (Å²) in [6.07, 6.45) is 9.33. The second-order valence-electron chi connectivity index (χ2n) is 5.46. The molecule has 0 radical (unpaired) electrons. The smallest absolute Gasteiger partial charge is 0.137 e. The molecule has 3 nitrogen and oxygen atoms in total. The summed E-state index contributed by atoms with van der Waals surface area (Å²) < 4.78 is 2.10. The SMILES string of the molecule is CCCn1ccnc1C(O)C1CCCC(C)C1. The van der Waals surface area contributed by atoms with E-state index in [9.17, 15) is 5.11 Å². The first-order valence-electron chi connectivity index (χ1n) is 6.91. The van der Waals surface area contributed by atoms with Crippen molar-refractivity contribution in [3.63, 3.8) is 0 Å². The second kappa shape index (κ2) is 5.67. The summed E-state index contributed by atoms with van der Waals surface area (Å²) in [5.41, 5.74) is 0. The molecule has 0 bridgehead atoms. The van der Waals surface area contributed by atoms with E-state index in [-0.39, 0.29) is 6.10 Å². The Morgan fingerprint density at radius 3 is 3.06 bits per heavy atom. The summed E-state index contributed by atoms with van der Waals surface area (Å²) in [5.74, 6) is 2.01. The van der Waals surface area contributed by atoms with E-state index in [2.05, 4.69) is 23.4 Å². The van der Waals surface area contributed by atoms with E-state index in [1.54, 1.807) is 6.20 Å². The quantitative estimate of drug-likeness (QED) is 0.872. The maximum Gasteiger partial charge on any atom is 0.137 e. The van der Waals surface area contributed by atoms with E-state index in [4.69, 9.17) is 0 Å². The first-order chi connectivity index (χ1) is 8.22. The Morgan fingerprint density at radius 1 is 1.53 bits per heavy atom. The third kappa shape index (κ3) is 2.89. The minimum Gasteiger partial charge on any atom is -0.385 e. The number of rotatable bonds is 4. The van der Waals surface area contributed by atoms with Crippen molar-refractivity contribution in [2.75, 3.05) is 0 Å². The van der Waals surface area contributed by atoms with Gasteiger partial charge in [-0.05, 0) is 31.1 Å². The highest BCUT2D eigenvalue weighted by Gasteiger charge is 2.28. The van der Waals surface area contributed by atoms with Gasteiger partial charge in [-0.3, -0.25) is 0 Å². The summed E-state index contributed by atoms with van der Waals surface area (Å²) in [7, 11) is 0. The molecule has 1 aromatic rings. The van der Waals surface area contributed by atoms with Gasteiger partial charge in [0.05, 0.1) is 0 Å². The van der Waals surface area contributed by atoms with Crippen LogP contribution in [0.25, 0.3) is 0 Å².